The number of H-pyrrole nitrogens is 1. The predicted octanol–water partition coefficient (Wildman–Crippen LogP) is 3.09. The maximum atomic E-state index is 13.2. The Labute approximate surface area is 154 Å². The Morgan fingerprint density at radius 2 is 2.07 bits per heavy atom. The van der Waals surface area contributed by atoms with E-state index >= 15 is 0 Å². The maximum absolute atomic E-state index is 13.2. The van der Waals surface area contributed by atoms with Gasteiger partial charge in [0.2, 0.25) is 0 Å². The molecule has 27 heavy (non-hydrogen) atoms. The van der Waals surface area contributed by atoms with E-state index in [2.05, 4.69) is 15.4 Å². The molecule has 4 aromatic rings. The number of hydrogen-bond acceptors (Lipinski definition) is 4. The predicted molar refractivity (Wildman–Crippen MR) is 101 cm³/mol. The van der Waals surface area contributed by atoms with Gasteiger partial charge in [0, 0.05) is 30.5 Å². The number of fused-ring (bicyclic) bond motifs is 1. The van der Waals surface area contributed by atoms with E-state index in [9.17, 15) is 9.18 Å². The van der Waals surface area contributed by atoms with Crippen LogP contribution in [0.15, 0.2) is 57.9 Å². The van der Waals surface area contributed by atoms with Crippen LogP contribution in [0, 0.1) is 12.7 Å². The summed E-state index contributed by atoms with van der Waals surface area (Å²) in [6.07, 6.45) is 2.41. The fourth-order valence-electron chi connectivity index (χ4n) is 3.05. The van der Waals surface area contributed by atoms with E-state index in [0.717, 1.165) is 23.3 Å². The number of rotatable bonds is 6. The summed E-state index contributed by atoms with van der Waals surface area (Å²) in [4.78, 5) is 15.4. The number of furan rings is 1. The average Bonchev–Trinajstić information content (AvgIpc) is 3.28. The molecule has 3 heterocycles. The van der Waals surface area contributed by atoms with Crippen LogP contribution in [0.4, 0.5) is 4.39 Å². The molecule has 7 heteroatoms. The van der Waals surface area contributed by atoms with Crippen molar-refractivity contribution in [2.45, 2.75) is 19.9 Å². The minimum absolute atomic E-state index is 0.170. The van der Waals surface area contributed by atoms with Gasteiger partial charge >= 0.3 is 0 Å². The molecule has 0 amide bonds. The van der Waals surface area contributed by atoms with Crippen molar-refractivity contribution in [3.05, 3.63) is 81.9 Å². The first-order valence-electron chi connectivity index (χ1n) is 8.72. The van der Waals surface area contributed by atoms with Crippen molar-refractivity contribution in [2.24, 2.45) is 0 Å². The van der Waals surface area contributed by atoms with Crippen molar-refractivity contribution in [1.82, 2.24) is 20.1 Å². The van der Waals surface area contributed by atoms with Gasteiger partial charge in [0.1, 0.15) is 17.2 Å². The summed E-state index contributed by atoms with van der Waals surface area (Å²) in [5.74, 6) is 0.589. The van der Waals surface area contributed by atoms with Crippen LogP contribution in [0.1, 0.15) is 17.0 Å². The quantitative estimate of drug-likeness (QED) is 0.514. The van der Waals surface area contributed by atoms with Gasteiger partial charge in [0.25, 0.3) is 5.56 Å². The molecule has 0 aliphatic rings. The van der Waals surface area contributed by atoms with E-state index in [4.69, 9.17) is 4.42 Å². The molecule has 2 N–H and O–H groups in total. The highest BCUT2D eigenvalue weighted by molar-refractivity contribution is 5.80. The second-order valence-corrected chi connectivity index (χ2v) is 6.37. The fraction of sp³-hybridized carbons (Fsp3) is 0.200. The normalized spacial score (nSPS) is 11.3. The topological polar surface area (TPSA) is 75.8 Å². The smallest absolute Gasteiger partial charge is 0.254 e. The lowest BCUT2D eigenvalue weighted by atomic mass is 10.2. The van der Waals surface area contributed by atoms with Crippen molar-refractivity contribution in [2.75, 3.05) is 6.54 Å². The van der Waals surface area contributed by atoms with E-state index < -0.39 is 0 Å². The van der Waals surface area contributed by atoms with Gasteiger partial charge in [0.15, 0.2) is 0 Å². The first kappa shape index (κ1) is 17.2. The zero-order valence-electron chi connectivity index (χ0n) is 14.8. The summed E-state index contributed by atoms with van der Waals surface area (Å²) < 4.78 is 20.1. The molecule has 0 bridgehead atoms. The van der Waals surface area contributed by atoms with Crippen molar-refractivity contribution in [3.63, 3.8) is 0 Å². The van der Waals surface area contributed by atoms with Crippen molar-refractivity contribution < 1.29 is 8.81 Å². The van der Waals surface area contributed by atoms with Crippen LogP contribution in [-0.4, -0.2) is 21.3 Å². The Kier molecular flexibility index (Phi) is 4.60. The Balaban J connectivity index is 1.57. The lowest BCUT2D eigenvalue weighted by Crippen LogP contribution is -2.23. The molecule has 0 aliphatic heterocycles. The number of halogens is 1. The van der Waals surface area contributed by atoms with Crippen LogP contribution < -0.4 is 10.9 Å². The third kappa shape index (κ3) is 3.54. The number of nitrogens with one attached hydrogen (secondary N) is 2. The Hall–Kier alpha value is -3.19. The van der Waals surface area contributed by atoms with Crippen LogP contribution in [0.5, 0.6) is 0 Å². The number of nitrogens with zero attached hydrogens (tertiary/aromatic N) is 2. The van der Waals surface area contributed by atoms with E-state index in [1.165, 1.54) is 12.1 Å². The third-order valence-electron chi connectivity index (χ3n) is 4.46. The maximum Gasteiger partial charge on any atom is 0.254 e. The Morgan fingerprint density at radius 3 is 2.81 bits per heavy atom. The van der Waals surface area contributed by atoms with Gasteiger partial charge in [-0.3, -0.25) is 4.79 Å². The van der Waals surface area contributed by atoms with Crippen LogP contribution in [0.2, 0.25) is 0 Å². The summed E-state index contributed by atoms with van der Waals surface area (Å²) in [6.45, 7) is 3.04. The van der Waals surface area contributed by atoms with Gasteiger partial charge in [-0.05, 0) is 49.4 Å². The Morgan fingerprint density at radius 1 is 1.26 bits per heavy atom. The first-order chi connectivity index (χ1) is 13.1. The van der Waals surface area contributed by atoms with Crippen molar-refractivity contribution in [1.29, 1.82) is 0 Å². The van der Waals surface area contributed by atoms with Crippen LogP contribution in [-0.2, 0) is 13.0 Å². The van der Waals surface area contributed by atoms with Crippen molar-refractivity contribution >= 4 is 11.0 Å². The lowest BCUT2D eigenvalue weighted by Gasteiger charge is -2.06. The summed E-state index contributed by atoms with van der Waals surface area (Å²) in [5.41, 5.74) is 2.56. The molecule has 0 unspecified atom stereocenters. The van der Waals surface area contributed by atoms with Gasteiger partial charge in [-0.1, -0.05) is 0 Å². The first-order valence-corrected chi connectivity index (χ1v) is 8.72. The molecule has 0 saturated carbocycles. The van der Waals surface area contributed by atoms with Gasteiger partial charge in [-0.15, -0.1) is 0 Å². The summed E-state index contributed by atoms with van der Waals surface area (Å²) in [7, 11) is 0. The number of aromatic amines is 1. The van der Waals surface area contributed by atoms with Crippen LogP contribution in [0.3, 0.4) is 0 Å². The highest BCUT2D eigenvalue weighted by Crippen LogP contribution is 2.20. The molecule has 0 saturated heterocycles. The minimum atomic E-state index is -0.316. The molecule has 4 rings (SSSR count). The number of aryl methyl sites for hydroxylation is 1. The molecule has 138 valence electrons. The molecular weight excluding hydrogens is 347 g/mol. The third-order valence-corrected chi connectivity index (χ3v) is 4.46. The minimum Gasteiger partial charge on any atom is -0.469 e. The molecule has 1 aromatic carbocycles. The largest absolute Gasteiger partial charge is 0.469 e. The molecular formula is C20H19FN4O2. The molecule has 0 radical (unpaired) electrons. The summed E-state index contributed by atoms with van der Waals surface area (Å²) in [5, 5.41) is 8.62. The zero-order chi connectivity index (χ0) is 18.8. The van der Waals surface area contributed by atoms with E-state index in [0.29, 0.717) is 30.0 Å². The molecule has 6 nitrogen and oxygen atoms in total. The van der Waals surface area contributed by atoms with E-state index in [-0.39, 0.29) is 11.4 Å². The number of pyridine rings is 1. The second kappa shape index (κ2) is 7.20. The SMILES string of the molecule is Cc1nn(-c2ccc(F)cc2)c2[nH]c(=O)c(CNCCc3ccco3)cc12. The standard InChI is InChI=1S/C20H19FN4O2/c1-13-18-11-14(12-22-9-8-17-3-2-10-27-17)20(26)23-19(18)25(24-13)16-6-4-15(21)5-7-16/h2-7,10-11,22H,8-9,12H2,1H3,(H,23,26). The summed E-state index contributed by atoms with van der Waals surface area (Å²) in [6, 6.07) is 11.6. The molecule has 0 spiro atoms. The number of hydrogen-bond donors (Lipinski definition) is 2. The molecule has 0 atom stereocenters. The average molecular weight is 366 g/mol. The van der Waals surface area contributed by atoms with Crippen LogP contribution >= 0.6 is 0 Å². The number of aromatic nitrogens is 3. The zero-order valence-corrected chi connectivity index (χ0v) is 14.8. The highest BCUT2D eigenvalue weighted by atomic mass is 19.1. The Bertz CT molecular complexity index is 1110. The molecule has 0 aliphatic carbocycles. The van der Waals surface area contributed by atoms with Gasteiger partial charge in [-0.2, -0.15) is 5.10 Å². The van der Waals surface area contributed by atoms with Crippen LogP contribution in [0.25, 0.3) is 16.7 Å². The van der Waals surface area contributed by atoms with Crippen molar-refractivity contribution in [3.8, 4) is 5.69 Å². The molecule has 3 aromatic heterocycles. The van der Waals surface area contributed by atoms with Gasteiger partial charge in [0.05, 0.1) is 17.6 Å². The van der Waals surface area contributed by atoms with Gasteiger partial charge in [-0.25, -0.2) is 9.07 Å². The highest BCUT2D eigenvalue weighted by Gasteiger charge is 2.13. The molecule has 0 fully saturated rings. The number of benzene rings is 1. The fourth-order valence-corrected chi connectivity index (χ4v) is 3.05. The van der Waals surface area contributed by atoms with E-state index in [1.807, 2.05) is 25.1 Å². The second-order valence-electron chi connectivity index (χ2n) is 6.37. The van der Waals surface area contributed by atoms with Gasteiger partial charge < -0.3 is 14.7 Å². The lowest BCUT2D eigenvalue weighted by molar-refractivity contribution is 0.498. The van der Waals surface area contributed by atoms with E-state index in [1.54, 1.807) is 23.1 Å². The monoisotopic (exact) mass is 366 g/mol. The summed E-state index contributed by atoms with van der Waals surface area (Å²) >= 11 is 0.